The lowest BCUT2D eigenvalue weighted by Gasteiger charge is -2.17. The molecule has 1 aromatic carbocycles. The topological polar surface area (TPSA) is 74.7 Å². The van der Waals surface area contributed by atoms with E-state index in [0.717, 1.165) is 25.3 Å². The summed E-state index contributed by atoms with van der Waals surface area (Å²) in [6.07, 6.45) is 5.20. The summed E-state index contributed by atoms with van der Waals surface area (Å²) in [5.74, 6) is -1.07. The van der Waals surface area contributed by atoms with Crippen LogP contribution in [0.5, 0.6) is 0 Å². The van der Waals surface area contributed by atoms with E-state index >= 15 is 0 Å². The molecule has 5 nitrogen and oxygen atoms in total. The van der Waals surface area contributed by atoms with Crippen molar-refractivity contribution in [1.82, 2.24) is 4.31 Å². The number of carboxylic acids is 1. The fraction of sp³-hybridized carbons (Fsp3) is 0.400. The van der Waals surface area contributed by atoms with E-state index in [1.165, 1.54) is 22.5 Å². The van der Waals surface area contributed by atoms with E-state index in [0.29, 0.717) is 12.1 Å². The van der Waals surface area contributed by atoms with Crippen LogP contribution in [-0.4, -0.2) is 37.4 Å². The third-order valence-corrected chi connectivity index (χ3v) is 4.91. The maximum absolute atomic E-state index is 12.4. The zero-order chi connectivity index (χ0) is 15.9. The van der Waals surface area contributed by atoms with Crippen LogP contribution in [0.4, 0.5) is 0 Å². The van der Waals surface area contributed by atoms with Crippen molar-refractivity contribution >= 4 is 22.1 Å². The maximum Gasteiger partial charge on any atom is 0.328 e. The first kappa shape index (κ1) is 17.4. The number of unbranched alkanes of at least 4 members (excludes halogenated alkanes) is 2. The Morgan fingerprint density at radius 2 is 2.05 bits per heavy atom. The van der Waals surface area contributed by atoms with Crippen molar-refractivity contribution in [2.45, 2.75) is 31.1 Å². The predicted octanol–water partition coefficient (Wildman–Crippen LogP) is 2.60. The first-order valence-corrected chi connectivity index (χ1v) is 8.29. The number of carbonyl (C=O) groups is 1. The molecule has 1 rings (SSSR count). The number of benzene rings is 1. The lowest BCUT2D eigenvalue weighted by atomic mass is 10.2. The Morgan fingerprint density at radius 3 is 2.67 bits per heavy atom. The molecule has 1 N–H and O–H groups in total. The molecule has 0 radical (unpaired) electrons. The average Bonchev–Trinajstić information content (AvgIpc) is 2.45. The van der Waals surface area contributed by atoms with Crippen LogP contribution >= 0.6 is 0 Å². The molecule has 0 aliphatic rings. The van der Waals surface area contributed by atoms with Gasteiger partial charge in [-0.05, 0) is 30.2 Å². The molecule has 0 fully saturated rings. The van der Waals surface area contributed by atoms with Crippen molar-refractivity contribution in [1.29, 1.82) is 0 Å². The molecule has 116 valence electrons. The molecule has 0 atom stereocenters. The van der Waals surface area contributed by atoms with Gasteiger partial charge in [-0.1, -0.05) is 31.9 Å². The SMILES string of the molecule is CCCCCN(C)S(=O)(=O)c1cccc(C=CC(=O)O)c1. The van der Waals surface area contributed by atoms with Crippen LogP contribution in [0.15, 0.2) is 35.2 Å². The molecule has 6 heteroatoms. The van der Waals surface area contributed by atoms with Gasteiger partial charge in [0, 0.05) is 19.7 Å². The highest BCUT2D eigenvalue weighted by Crippen LogP contribution is 2.17. The molecule has 0 heterocycles. The Balaban J connectivity index is 2.92. The smallest absolute Gasteiger partial charge is 0.328 e. The zero-order valence-electron chi connectivity index (χ0n) is 12.3. The van der Waals surface area contributed by atoms with Gasteiger partial charge < -0.3 is 5.11 Å². The standard InChI is InChI=1S/C15H21NO4S/c1-3-4-5-11-16(2)21(19,20)14-8-6-7-13(12-14)9-10-15(17)18/h6-10,12H,3-5,11H2,1-2H3,(H,17,18). The van der Waals surface area contributed by atoms with Gasteiger partial charge in [0.05, 0.1) is 4.90 Å². The van der Waals surface area contributed by atoms with Crippen LogP contribution in [0.1, 0.15) is 31.7 Å². The van der Waals surface area contributed by atoms with Gasteiger partial charge >= 0.3 is 5.97 Å². The van der Waals surface area contributed by atoms with Crippen molar-refractivity contribution < 1.29 is 18.3 Å². The largest absolute Gasteiger partial charge is 0.478 e. The van der Waals surface area contributed by atoms with Crippen molar-refractivity contribution in [3.05, 3.63) is 35.9 Å². The van der Waals surface area contributed by atoms with E-state index in [9.17, 15) is 13.2 Å². The fourth-order valence-corrected chi connectivity index (χ4v) is 3.10. The number of rotatable bonds is 8. The minimum absolute atomic E-state index is 0.175. The molecule has 0 bridgehead atoms. The third kappa shape index (κ3) is 5.32. The number of sulfonamides is 1. The Hall–Kier alpha value is -1.66. The summed E-state index contributed by atoms with van der Waals surface area (Å²) in [6, 6.07) is 6.26. The normalized spacial score (nSPS) is 12.1. The quantitative estimate of drug-likeness (QED) is 0.591. The van der Waals surface area contributed by atoms with Gasteiger partial charge in [0.1, 0.15) is 0 Å². The van der Waals surface area contributed by atoms with Gasteiger partial charge in [-0.2, -0.15) is 0 Å². The molecule has 0 saturated carbocycles. The summed E-state index contributed by atoms with van der Waals surface area (Å²) in [5, 5.41) is 8.60. The molecule has 0 amide bonds. The Kier molecular flexibility index (Phi) is 6.58. The highest BCUT2D eigenvalue weighted by atomic mass is 32.2. The average molecular weight is 311 g/mol. The Bertz CT molecular complexity index is 608. The first-order valence-electron chi connectivity index (χ1n) is 6.85. The van der Waals surface area contributed by atoms with Crippen LogP contribution in [0.25, 0.3) is 6.08 Å². The van der Waals surface area contributed by atoms with Crippen molar-refractivity contribution in [3.8, 4) is 0 Å². The van der Waals surface area contributed by atoms with Gasteiger partial charge in [0.15, 0.2) is 0 Å². The Morgan fingerprint density at radius 1 is 1.33 bits per heavy atom. The molecular weight excluding hydrogens is 290 g/mol. The molecule has 1 aromatic rings. The van der Waals surface area contributed by atoms with Crippen molar-refractivity contribution in [2.75, 3.05) is 13.6 Å². The monoisotopic (exact) mass is 311 g/mol. The fourth-order valence-electron chi connectivity index (χ4n) is 1.83. The number of carboxylic acid groups (broad SMARTS) is 1. The molecule has 21 heavy (non-hydrogen) atoms. The molecule has 0 saturated heterocycles. The second-order valence-electron chi connectivity index (χ2n) is 4.78. The lowest BCUT2D eigenvalue weighted by Crippen LogP contribution is -2.28. The van der Waals surface area contributed by atoms with Crippen molar-refractivity contribution in [3.63, 3.8) is 0 Å². The minimum atomic E-state index is -3.53. The Labute approximate surface area is 126 Å². The molecule has 0 unspecified atom stereocenters. The molecule has 0 aliphatic carbocycles. The number of hydrogen-bond acceptors (Lipinski definition) is 3. The molecular formula is C15H21NO4S. The van der Waals surface area contributed by atoms with E-state index in [2.05, 4.69) is 6.92 Å². The van der Waals surface area contributed by atoms with E-state index in [4.69, 9.17) is 5.11 Å². The van der Waals surface area contributed by atoms with Crippen LogP contribution < -0.4 is 0 Å². The molecule has 0 aromatic heterocycles. The summed E-state index contributed by atoms with van der Waals surface area (Å²) in [6.45, 7) is 2.54. The summed E-state index contributed by atoms with van der Waals surface area (Å²) < 4.78 is 26.1. The van der Waals surface area contributed by atoms with Gasteiger partial charge in [-0.15, -0.1) is 0 Å². The van der Waals surface area contributed by atoms with Crippen LogP contribution in [0.2, 0.25) is 0 Å². The van der Waals surface area contributed by atoms with Crippen LogP contribution in [0, 0.1) is 0 Å². The first-order chi connectivity index (χ1) is 9.87. The van der Waals surface area contributed by atoms with E-state index < -0.39 is 16.0 Å². The van der Waals surface area contributed by atoms with Crippen molar-refractivity contribution in [2.24, 2.45) is 0 Å². The summed E-state index contributed by atoms with van der Waals surface area (Å²) in [7, 11) is -1.97. The zero-order valence-corrected chi connectivity index (χ0v) is 13.1. The predicted molar refractivity (Wildman–Crippen MR) is 82.5 cm³/mol. The maximum atomic E-state index is 12.4. The number of aliphatic carboxylic acids is 1. The van der Waals surface area contributed by atoms with Crippen LogP contribution in [-0.2, 0) is 14.8 Å². The van der Waals surface area contributed by atoms with E-state index in [1.54, 1.807) is 19.2 Å². The van der Waals surface area contributed by atoms with E-state index in [1.807, 2.05) is 0 Å². The van der Waals surface area contributed by atoms with Gasteiger partial charge in [-0.3, -0.25) is 0 Å². The second kappa shape index (κ2) is 7.95. The number of hydrogen-bond donors (Lipinski definition) is 1. The van der Waals surface area contributed by atoms with Gasteiger partial charge in [0.25, 0.3) is 0 Å². The summed E-state index contributed by atoms with van der Waals surface area (Å²) in [5.41, 5.74) is 0.542. The third-order valence-electron chi connectivity index (χ3n) is 3.06. The molecule has 0 spiro atoms. The lowest BCUT2D eigenvalue weighted by molar-refractivity contribution is -0.131. The summed E-state index contributed by atoms with van der Waals surface area (Å²) in [4.78, 5) is 10.7. The highest BCUT2D eigenvalue weighted by Gasteiger charge is 2.20. The second-order valence-corrected chi connectivity index (χ2v) is 6.82. The van der Waals surface area contributed by atoms with Gasteiger partial charge in [0.2, 0.25) is 10.0 Å². The highest BCUT2D eigenvalue weighted by molar-refractivity contribution is 7.89. The van der Waals surface area contributed by atoms with Gasteiger partial charge in [-0.25, -0.2) is 17.5 Å². The minimum Gasteiger partial charge on any atom is -0.478 e. The van der Waals surface area contributed by atoms with Crippen LogP contribution in [0.3, 0.4) is 0 Å². The summed E-state index contributed by atoms with van der Waals surface area (Å²) >= 11 is 0. The molecule has 0 aliphatic heterocycles. The van der Waals surface area contributed by atoms with E-state index in [-0.39, 0.29) is 4.90 Å². The number of nitrogens with zero attached hydrogens (tertiary/aromatic N) is 1.